The molecular weight excluding hydrogens is 304 g/mol. The predicted octanol–water partition coefficient (Wildman–Crippen LogP) is 1.93. The lowest BCUT2D eigenvalue weighted by Gasteiger charge is -2.36. The number of aliphatic carboxylic acids is 1. The van der Waals surface area contributed by atoms with Crippen LogP contribution in [0.4, 0.5) is 5.69 Å². The molecule has 0 bridgehead atoms. The number of amides is 1. The van der Waals surface area contributed by atoms with E-state index in [1.165, 1.54) is 30.2 Å². The van der Waals surface area contributed by atoms with E-state index in [4.69, 9.17) is 9.84 Å². The quantitative estimate of drug-likeness (QED) is 0.670. The molecule has 0 aromatic heterocycles. The molecule has 1 heterocycles. The van der Waals surface area contributed by atoms with E-state index in [1.807, 2.05) is 6.92 Å². The predicted molar refractivity (Wildman–Crippen MR) is 80.5 cm³/mol. The fourth-order valence-corrected chi connectivity index (χ4v) is 2.72. The summed E-state index contributed by atoms with van der Waals surface area (Å²) in [5.74, 6) is -1.86. The van der Waals surface area contributed by atoms with Gasteiger partial charge in [0.05, 0.1) is 18.0 Å². The van der Waals surface area contributed by atoms with Gasteiger partial charge in [0.25, 0.3) is 5.91 Å². The minimum atomic E-state index is -0.920. The van der Waals surface area contributed by atoms with Crippen LogP contribution in [0.15, 0.2) is 18.2 Å². The third-order valence-electron chi connectivity index (χ3n) is 4.12. The number of benzene rings is 1. The molecular formula is C15H18N2O6. The van der Waals surface area contributed by atoms with E-state index in [9.17, 15) is 19.7 Å². The Hall–Kier alpha value is -2.64. The summed E-state index contributed by atoms with van der Waals surface area (Å²) in [4.78, 5) is 35.6. The Balaban J connectivity index is 2.28. The molecule has 2 atom stereocenters. The molecule has 1 aromatic rings. The van der Waals surface area contributed by atoms with Crippen LogP contribution in [-0.4, -0.2) is 46.5 Å². The summed E-state index contributed by atoms with van der Waals surface area (Å²) in [5, 5.41) is 20.0. The number of nitro benzene ring substituents is 1. The van der Waals surface area contributed by atoms with Crippen LogP contribution in [0.3, 0.4) is 0 Å². The Kier molecular flexibility index (Phi) is 4.83. The Morgan fingerprint density at radius 2 is 2.09 bits per heavy atom. The van der Waals surface area contributed by atoms with Crippen molar-refractivity contribution in [3.63, 3.8) is 0 Å². The molecule has 1 fully saturated rings. The van der Waals surface area contributed by atoms with E-state index in [0.717, 1.165) is 0 Å². The van der Waals surface area contributed by atoms with Gasteiger partial charge >= 0.3 is 11.7 Å². The number of ether oxygens (including phenoxy) is 1. The van der Waals surface area contributed by atoms with E-state index in [-0.39, 0.29) is 35.5 Å². The highest BCUT2D eigenvalue weighted by molar-refractivity contribution is 5.95. The third-order valence-corrected chi connectivity index (χ3v) is 4.12. The average Bonchev–Trinajstić information content (AvgIpc) is 2.53. The topological polar surface area (TPSA) is 110 Å². The van der Waals surface area contributed by atoms with Gasteiger partial charge in [-0.15, -0.1) is 0 Å². The molecule has 0 saturated carbocycles. The summed E-state index contributed by atoms with van der Waals surface area (Å²) in [6.07, 6.45) is 1.14. The number of carbonyl (C=O) groups is 2. The number of carboxylic acid groups (broad SMARTS) is 1. The molecule has 23 heavy (non-hydrogen) atoms. The van der Waals surface area contributed by atoms with Crippen molar-refractivity contribution >= 4 is 17.6 Å². The number of nitrogens with zero attached hydrogens (tertiary/aromatic N) is 2. The zero-order valence-electron chi connectivity index (χ0n) is 12.9. The summed E-state index contributed by atoms with van der Waals surface area (Å²) in [7, 11) is 1.29. The molecule has 0 aliphatic carbocycles. The molecule has 124 valence electrons. The molecule has 8 nitrogen and oxygen atoms in total. The van der Waals surface area contributed by atoms with Crippen molar-refractivity contribution in [1.29, 1.82) is 0 Å². The van der Waals surface area contributed by atoms with Crippen molar-refractivity contribution in [2.45, 2.75) is 25.8 Å². The summed E-state index contributed by atoms with van der Waals surface area (Å²) >= 11 is 0. The van der Waals surface area contributed by atoms with Gasteiger partial charge in [0, 0.05) is 30.3 Å². The number of carbonyl (C=O) groups excluding carboxylic acids is 1. The van der Waals surface area contributed by atoms with Crippen LogP contribution in [0.2, 0.25) is 0 Å². The zero-order chi connectivity index (χ0) is 17.1. The molecule has 1 aromatic carbocycles. The second-order valence-electron chi connectivity index (χ2n) is 5.56. The Labute approximate surface area is 132 Å². The number of nitro groups is 1. The van der Waals surface area contributed by atoms with Gasteiger partial charge in [0.2, 0.25) is 0 Å². The van der Waals surface area contributed by atoms with Crippen molar-refractivity contribution in [2.75, 3.05) is 13.7 Å². The highest BCUT2D eigenvalue weighted by Crippen LogP contribution is 2.30. The van der Waals surface area contributed by atoms with Crippen LogP contribution in [0.5, 0.6) is 5.75 Å². The number of rotatable bonds is 4. The number of methoxy groups -OCH3 is 1. The van der Waals surface area contributed by atoms with Crippen LogP contribution >= 0.6 is 0 Å². The summed E-state index contributed by atoms with van der Waals surface area (Å²) in [6, 6.07) is 3.81. The Morgan fingerprint density at radius 1 is 1.39 bits per heavy atom. The van der Waals surface area contributed by atoms with E-state index in [0.29, 0.717) is 12.8 Å². The SMILES string of the molecule is COc1cc(C(=O)N2CC(C(=O)O)CCC2C)ccc1[N+](=O)[O-]. The lowest BCUT2D eigenvalue weighted by molar-refractivity contribution is -0.385. The highest BCUT2D eigenvalue weighted by Gasteiger charge is 2.33. The van der Waals surface area contributed by atoms with E-state index >= 15 is 0 Å². The smallest absolute Gasteiger partial charge is 0.310 e. The molecule has 1 amide bonds. The van der Waals surface area contributed by atoms with Crippen molar-refractivity contribution in [1.82, 2.24) is 4.90 Å². The molecule has 1 saturated heterocycles. The molecule has 0 spiro atoms. The van der Waals surface area contributed by atoms with E-state index in [2.05, 4.69) is 0 Å². The highest BCUT2D eigenvalue weighted by atomic mass is 16.6. The Morgan fingerprint density at radius 3 is 2.65 bits per heavy atom. The number of piperidine rings is 1. The average molecular weight is 322 g/mol. The molecule has 1 aliphatic rings. The van der Waals surface area contributed by atoms with Gasteiger partial charge in [-0.2, -0.15) is 0 Å². The maximum absolute atomic E-state index is 12.6. The first-order valence-corrected chi connectivity index (χ1v) is 7.21. The van der Waals surface area contributed by atoms with E-state index in [1.54, 1.807) is 0 Å². The molecule has 0 radical (unpaired) electrons. The van der Waals surface area contributed by atoms with Crippen LogP contribution in [0.1, 0.15) is 30.1 Å². The molecule has 8 heteroatoms. The Bertz CT molecular complexity index is 645. The van der Waals surface area contributed by atoms with Gasteiger partial charge in [-0.05, 0) is 25.8 Å². The minimum absolute atomic E-state index is 0.000275. The first kappa shape index (κ1) is 16.7. The monoisotopic (exact) mass is 322 g/mol. The normalized spacial score (nSPS) is 20.9. The van der Waals surface area contributed by atoms with E-state index < -0.39 is 16.8 Å². The summed E-state index contributed by atoms with van der Waals surface area (Å²) in [6.45, 7) is 1.99. The summed E-state index contributed by atoms with van der Waals surface area (Å²) in [5.41, 5.74) is 0.0180. The van der Waals surface area contributed by atoms with Crippen molar-refractivity contribution in [2.24, 2.45) is 5.92 Å². The van der Waals surface area contributed by atoms with Crippen molar-refractivity contribution in [3.8, 4) is 5.75 Å². The van der Waals surface area contributed by atoms with Crippen molar-refractivity contribution < 1.29 is 24.4 Å². The van der Waals surface area contributed by atoms with Crippen LogP contribution in [-0.2, 0) is 4.79 Å². The number of hydrogen-bond donors (Lipinski definition) is 1. The second kappa shape index (κ2) is 6.64. The summed E-state index contributed by atoms with van der Waals surface area (Å²) < 4.78 is 4.96. The second-order valence-corrected chi connectivity index (χ2v) is 5.56. The maximum Gasteiger partial charge on any atom is 0.310 e. The van der Waals surface area contributed by atoms with Crippen LogP contribution < -0.4 is 4.74 Å². The number of likely N-dealkylation sites (tertiary alicyclic amines) is 1. The standard InChI is InChI=1S/C15H18N2O6/c1-9-3-4-11(15(19)20)8-16(9)14(18)10-5-6-12(17(21)22)13(7-10)23-2/h5-7,9,11H,3-4,8H2,1-2H3,(H,19,20). The van der Waals surface area contributed by atoms with Crippen molar-refractivity contribution in [3.05, 3.63) is 33.9 Å². The van der Waals surface area contributed by atoms with Gasteiger partial charge < -0.3 is 14.7 Å². The fourth-order valence-electron chi connectivity index (χ4n) is 2.72. The number of hydrogen-bond acceptors (Lipinski definition) is 5. The molecule has 2 unspecified atom stereocenters. The van der Waals surface area contributed by atoms with Crippen LogP contribution in [0.25, 0.3) is 0 Å². The largest absolute Gasteiger partial charge is 0.490 e. The first-order chi connectivity index (χ1) is 10.8. The number of carboxylic acids is 1. The van der Waals surface area contributed by atoms with Gasteiger partial charge in [0.1, 0.15) is 0 Å². The first-order valence-electron chi connectivity index (χ1n) is 7.21. The van der Waals surface area contributed by atoms with Gasteiger partial charge in [-0.1, -0.05) is 0 Å². The van der Waals surface area contributed by atoms with Crippen LogP contribution in [0, 0.1) is 16.0 Å². The maximum atomic E-state index is 12.6. The van der Waals surface area contributed by atoms with Gasteiger partial charge in [-0.3, -0.25) is 19.7 Å². The van der Waals surface area contributed by atoms with Gasteiger partial charge in [-0.25, -0.2) is 0 Å². The zero-order valence-corrected chi connectivity index (χ0v) is 12.9. The molecule has 1 N–H and O–H groups in total. The molecule has 2 rings (SSSR count). The van der Waals surface area contributed by atoms with Gasteiger partial charge in [0.15, 0.2) is 5.75 Å². The lowest BCUT2D eigenvalue weighted by Crippen LogP contribution is -2.47. The fraction of sp³-hybridized carbons (Fsp3) is 0.467. The minimum Gasteiger partial charge on any atom is -0.490 e. The lowest BCUT2D eigenvalue weighted by atomic mass is 9.93. The molecule has 1 aliphatic heterocycles. The third kappa shape index (κ3) is 3.41.